The quantitative estimate of drug-likeness (QED) is 0.290. The van der Waals surface area contributed by atoms with Crippen LogP contribution in [0.5, 0.6) is 5.75 Å². The van der Waals surface area contributed by atoms with E-state index in [0.29, 0.717) is 15.7 Å². The van der Waals surface area contributed by atoms with Gasteiger partial charge in [0.2, 0.25) is 0 Å². The molecule has 2 N–H and O–H groups in total. The molecule has 2 aromatic rings. The summed E-state index contributed by atoms with van der Waals surface area (Å²) in [6, 6.07) is 12.3. The van der Waals surface area contributed by atoms with Gasteiger partial charge in [-0.2, -0.15) is 5.10 Å². The Hall–Kier alpha value is -1.24. The highest BCUT2D eigenvalue weighted by molar-refractivity contribution is 14.1. The SMILES string of the molecule is Cc1ccc(C[NH+]2CCN(CC(=O)NN=Cc3cc(I)cc(I)c3[O-])CC2)cc1. The van der Waals surface area contributed by atoms with E-state index < -0.39 is 0 Å². The van der Waals surface area contributed by atoms with E-state index >= 15 is 0 Å². The maximum atomic E-state index is 12.2. The lowest BCUT2D eigenvalue weighted by atomic mass is 10.1. The molecule has 0 radical (unpaired) electrons. The fourth-order valence-corrected chi connectivity index (χ4v) is 5.18. The summed E-state index contributed by atoms with van der Waals surface area (Å²) >= 11 is 4.17. The highest BCUT2D eigenvalue weighted by Crippen LogP contribution is 2.23. The van der Waals surface area contributed by atoms with Crippen molar-refractivity contribution in [3.63, 3.8) is 0 Å². The lowest BCUT2D eigenvalue weighted by Gasteiger charge is -2.31. The van der Waals surface area contributed by atoms with E-state index in [9.17, 15) is 9.90 Å². The zero-order valence-corrected chi connectivity index (χ0v) is 20.6. The maximum absolute atomic E-state index is 12.2. The number of rotatable bonds is 6. The first-order chi connectivity index (χ1) is 13.9. The molecule has 6 nitrogen and oxygen atoms in total. The molecule has 0 aromatic heterocycles. The van der Waals surface area contributed by atoms with Gasteiger partial charge in [0, 0.05) is 25.8 Å². The molecule has 0 spiro atoms. The molecule has 1 aliphatic heterocycles. The summed E-state index contributed by atoms with van der Waals surface area (Å²) in [4.78, 5) is 15.9. The fraction of sp³-hybridized carbons (Fsp3) is 0.333. The highest BCUT2D eigenvalue weighted by atomic mass is 127. The third-order valence-electron chi connectivity index (χ3n) is 4.94. The number of hydrogen-bond acceptors (Lipinski definition) is 4. The van der Waals surface area contributed by atoms with E-state index in [1.54, 1.807) is 11.0 Å². The van der Waals surface area contributed by atoms with Crippen molar-refractivity contribution < 1.29 is 14.8 Å². The van der Waals surface area contributed by atoms with Gasteiger partial charge in [0.1, 0.15) is 6.54 Å². The Morgan fingerprint density at radius 1 is 1.24 bits per heavy atom. The summed E-state index contributed by atoms with van der Waals surface area (Å²) in [5, 5.41) is 16.0. The Morgan fingerprint density at radius 2 is 1.93 bits per heavy atom. The second-order valence-corrected chi connectivity index (χ2v) is 9.70. The minimum absolute atomic E-state index is 0.0725. The number of amides is 1. The minimum Gasteiger partial charge on any atom is -0.871 e. The molecular weight excluding hydrogens is 594 g/mol. The van der Waals surface area contributed by atoms with Gasteiger partial charge in [-0.1, -0.05) is 35.6 Å². The molecule has 0 aliphatic carbocycles. The number of halogens is 2. The number of piperazine rings is 1. The number of carbonyl (C=O) groups excluding carboxylic acids is 1. The predicted octanol–water partition coefficient (Wildman–Crippen LogP) is 1.13. The molecule has 1 aliphatic rings. The standard InChI is InChI=1S/C21H24I2N4O2/c1-15-2-4-16(5-3-15)13-26-6-8-27(9-7-26)14-20(28)25-24-12-17-10-18(22)11-19(23)21(17)29/h2-5,10-12,29H,6-9,13-14H2,1H3,(H,25,28). The van der Waals surface area contributed by atoms with Crippen LogP contribution in [0.25, 0.3) is 0 Å². The highest BCUT2D eigenvalue weighted by Gasteiger charge is 2.21. The largest absolute Gasteiger partial charge is 0.871 e. The second kappa shape index (κ2) is 10.7. The van der Waals surface area contributed by atoms with Crippen LogP contribution in [0.15, 0.2) is 41.5 Å². The molecule has 0 saturated carbocycles. The zero-order valence-electron chi connectivity index (χ0n) is 16.3. The summed E-state index contributed by atoms with van der Waals surface area (Å²) in [5.74, 6) is -0.229. The van der Waals surface area contributed by atoms with Crippen molar-refractivity contribution in [1.29, 1.82) is 0 Å². The fourth-order valence-electron chi connectivity index (χ4n) is 3.29. The summed E-state index contributed by atoms with van der Waals surface area (Å²) in [6.45, 7) is 7.26. The van der Waals surface area contributed by atoms with Gasteiger partial charge in [-0.25, -0.2) is 5.43 Å². The Bertz CT molecular complexity index is 879. The first kappa shape index (κ1) is 22.4. The summed E-state index contributed by atoms with van der Waals surface area (Å²) in [7, 11) is 0. The van der Waals surface area contributed by atoms with Gasteiger partial charge >= 0.3 is 0 Å². The Morgan fingerprint density at radius 3 is 2.62 bits per heavy atom. The summed E-state index contributed by atoms with van der Waals surface area (Å²) in [5.41, 5.74) is 5.66. The molecule has 1 fully saturated rings. The molecule has 0 bridgehead atoms. The van der Waals surface area contributed by atoms with E-state index in [1.165, 1.54) is 17.3 Å². The van der Waals surface area contributed by atoms with Gasteiger partial charge < -0.3 is 10.0 Å². The zero-order chi connectivity index (χ0) is 20.8. The number of aryl methyl sites for hydroxylation is 1. The predicted molar refractivity (Wildman–Crippen MR) is 129 cm³/mol. The number of carbonyl (C=O) groups is 1. The lowest BCUT2D eigenvalue weighted by Crippen LogP contribution is -3.13. The van der Waals surface area contributed by atoms with Crippen LogP contribution >= 0.6 is 45.2 Å². The third kappa shape index (κ3) is 6.90. The first-order valence-corrected chi connectivity index (χ1v) is 11.7. The average Bonchev–Trinajstić information content (AvgIpc) is 2.69. The number of benzene rings is 2. The molecular formula is C21H24I2N4O2. The molecule has 1 saturated heterocycles. The van der Waals surface area contributed by atoms with Crippen LogP contribution in [0, 0.1) is 14.1 Å². The number of hydrazone groups is 1. The maximum Gasteiger partial charge on any atom is 0.254 e. The first-order valence-electron chi connectivity index (χ1n) is 9.50. The molecule has 3 rings (SSSR count). The van der Waals surface area contributed by atoms with Crippen molar-refractivity contribution in [3.05, 3.63) is 60.2 Å². The molecule has 1 amide bonds. The normalized spacial score (nSPS) is 15.7. The van der Waals surface area contributed by atoms with E-state index in [0.717, 1.165) is 36.3 Å². The van der Waals surface area contributed by atoms with Crippen LogP contribution in [0.4, 0.5) is 0 Å². The van der Waals surface area contributed by atoms with E-state index in [-0.39, 0.29) is 11.7 Å². The van der Waals surface area contributed by atoms with E-state index in [2.05, 4.69) is 69.2 Å². The molecule has 29 heavy (non-hydrogen) atoms. The van der Waals surface area contributed by atoms with Crippen LogP contribution in [0.1, 0.15) is 16.7 Å². The number of hydrogen-bond donors (Lipinski definition) is 2. The van der Waals surface area contributed by atoms with Crippen LogP contribution < -0.4 is 15.4 Å². The Balaban J connectivity index is 1.42. The van der Waals surface area contributed by atoms with Crippen molar-refractivity contribution in [1.82, 2.24) is 10.3 Å². The van der Waals surface area contributed by atoms with Gasteiger partial charge in [-0.05, 0) is 69.8 Å². The third-order valence-corrected chi connectivity index (χ3v) is 6.36. The van der Waals surface area contributed by atoms with E-state index in [1.807, 2.05) is 28.7 Å². The van der Waals surface area contributed by atoms with Crippen molar-refractivity contribution >= 4 is 57.3 Å². The molecule has 2 aromatic carbocycles. The van der Waals surface area contributed by atoms with Crippen molar-refractivity contribution in [2.75, 3.05) is 32.7 Å². The second-order valence-electron chi connectivity index (χ2n) is 7.29. The van der Waals surface area contributed by atoms with Gasteiger partial charge in [0.05, 0.1) is 25.8 Å². The van der Waals surface area contributed by atoms with Crippen molar-refractivity contribution in [2.24, 2.45) is 5.10 Å². The van der Waals surface area contributed by atoms with Crippen LogP contribution in [-0.2, 0) is 11.3 Å². The van der Waals surface area contributed by atoms with Crippen LogP contribution in [-0.4, -0.2) is 49.7 Å². The Kier molecular flexibility index (Phi) is 8.27. The minimum atomic E-state index is -0.156. The van der Waals surface area contributed by atoms with Gasteiger partial charge in [0.15, 0.2) is 0 Å². The molecule has 154 valence electrons. The number of nitrogens with zero attached hydrogens (tertiary/aromatic N) is 2. The average molecular weight is 618 g/mol. The van der Waals surface area contributed by atoms with E-state index in [4.69, 9.17) is 0 Å². The number of quaternary nitrogens is 1. The van der Waals surface area contributed by atoms with Crippen molar-refractivity contribution in [3.8, 4) is 5.75 Å². The van der Waals surface area contributed by atoms with Gasteiger partial charge in [0.25, 0.3) is 5.91 Å². The van der Waals surface area contributed by atoms with Gasteiger partial charge in [-0.3, -0.25) is 9.69 Å². The monoisotopic (exact) mass is 618 g/mol. The summed E-state index contributed by atoms with van der Waals surface area (Å²) in [6.07, 6.45) is 1.42. The van der Waals surface area contributed by atoms with Crippen molar-refractivity contribution in [2.45, 2.75) is 13.5 Å². The summed E-state index contributed by atoms with van der Waals surface area (Å²) < 4.78 is 1.61. The van der Waals surface area contributed by atoms with Crippen LogP contribution in [0.2, 0.25) is 0 Å². The topological polar surface area (TPSA) is 72.2 Å². The molecule has 8 heteroatoms. The van der Waals surface area contributed by atoms with Gasteiger partial charge in [-0.15, -0.1) is 0 Å². The lowest BCUT2D eigenvalue weighted by molar-refractivity contribution is -0.918. The smallest absolute Gasteiger partial charge is 0.254 e. The van der Waals surface area contributed by atoms with Crippen LogP contribution in [0.3, 0.4) is 0 Å². The number of nitrogens with one attached hydrogen (secondary N) is 2. The molecule has 0 atom stereocenters. The molecule has 0 unspecified atom stereocenters. The molecule has 1 heterocycles. The Labute approximate surface area is 198 Å².